The van der Waals surface area contributed by atoms with Crippen molar-refractivity contribution < 1.29 is 0 Å². The van der Waals surface area contributed by atoms with E-state index in [9.17, 15) is 0 Å². The molecule has 0 aromatic heterocycles. The van der Waals surface area contributed by atoms with E-state index in [1.807, 2.05) is 6.07 Å². The first-order valence-corrected chi connectivity index (χ1v) is 12.7. The van der Waals surface area contributed by atoms with Crippen LogP contribution in [0.5, 0.6) is 0 Å². The number of hydrogen-bond donors (Lipinski definition) is 0. The molecule has 0 aliphatic heterocycles. The van der Waals surface area contributed by atoms with Gasteiger partial charge in [0.1, 0.15) is 0 Å². The molecule has 0 aliphatic rings. The Balaban J connectivity index is 2.02. The van der Waals surface area contributed by atoms with E-state index in [0.29, 0.717) is 0 Å². The van der Waals surface area contributed by atoms with Crippen molar-refractivity contribution in [1.82, 2.24) is 0 Å². The molecule has 0 atom stereocenters. The van der Waals surface area contributed by atoms with Gasteiger partial charge in [-0.3, -0.25) is 0 Å². The summed E-state index contributed by atoms with van der Waals surface area (Å²) in [5.41, 5.74) is 1.18. The zero-order chi connectivity index (χ0) is 19.4. The monoisotopic (exact) mass is 466 g/mol. The van der Waals surface area contributed by atoms with Crippen molar-refractivity contribution in [2.75, 3.05) is 0 Å². The van der Waals surface area contributed by atoms with Crippen molar-refractivity contribution in [3.8, 4) is 0 Å². The van der Waals surface area contributed by atoms with Crippen LogP contribution < -0.4 is 15.9 Å². The Morgan fingerprint density at radius 1 is 0.571 bits per heavy atom. The third kappa shape index (κ3) is 3.67. The van der Waals surface area contributed by atoms with Crippen LogP contribution in [-0.2, 0) is 6.16 Å². The molecule has 0 amide bonds. The molecule has 0 aliphatic carbocycles. The Bertz CT molecular complexity index is 953. The topological polar surface area (TPSA) is 0 Å². The van der Waals surface area contributed by atoms with Crippen LogP contribution in [0.25, 0.3) is 0 Å². The summed E-state index contributed by atoms with van der Waals surface area (Å²) in [6, 6.07) is 39.0. The first-order chi connectivity index (χ1) is 13.7. The maximum absolute atomic E-state index is 6.74. The summed E-state index contributed by atoms with van der Waals surface area (Å²) in [5.74, 6) is 0. The van der Waals surface area contributed by atoms with Gasteiger partial charge in [-0.15, -0.1) is 0 Å². The minimum absolute atomic E-state index is 0.808. The van der Waals surface area contributed by atoms with Gasteiger partial charge in [0.2, 0.25) is 0 Å². The van der Waals surface area contributed by atoms with Gasteiger partial charge >= 0.3 is 181 Å². The molecule has 0 bridgehead atoms. The molecular weight excluding hydrogens is 447 g/mol. The van der Waals surface area contributed by atoms with E-state index in [1.54, 1.807) is 0 Å². The van der Waals surface area contributed by atoms with E-state index in [0.717, 1.165) is 15.7 Å². The van der Waals surface area contributed by atoms with Gasteiger partial charge in [-0.05, 0) is 0 Å². The van der Waals surface area contributed by atoms with Crippen LogP contribution in [0, 0.1) is 0 Å². The Morgan fingerprint density at radius 3 is 1.43 bits per heavy atom. The summed E-state index contributed by atoms with van der Waals surface area (Å²) < 4.78 is 0.948. The zero-order valence-corrected chi connectivity index (χ0v) is 18.7. The van der Waals surface area contributed by atoms with Crippen molar-refractivity contribution in [3.05, 3.63) is 124 Å². The molecule has 4 rings (SSSR count). The standard InChI is InChI=1S/C25H21BrClP/c26-24-18-10-11-20(25(24)27)19-28(21-12-4-1-5-13-21,22-14-6-2-7-15-22)23-16-8-3-9-17-23/h1-18,28H,19H2. The molecule has 140 valence electrons. The van der Waals surface area contributed by atoms with Gasteiger partial charge in [-0.25, -0.2) is 0 Å². The third-order valence-electron chi connectivity index (χ3n) is 5.29. The number of halogens is 2. The fraction of sp³-hybridized carbons (Fsp3) is 0.0400. The normalized spacial score (nSPS) is 11.9. The van der Waals surface area contributed by atoms with Gasteiger partial charge in [0.05, 0.1) is 0 Å². The van der Waals surface area contributed by atoms with E-state index < -0.39 is 7.26 Å². The molecule has 3 heteroatoms. The van der Waals surface area contributed by atoms with Gasteiger partial charge < -0.3 is 0 Å². The number of hydrogen-bond acceptors (Lipinski definition) is 0. The quantitative estimate of drug-likeness (QED) is 0.301. The van der Waals surface area contributed by atoms with Crippen LogP contribution in [0.2, 0.25) is 5.02 Å². The molecule has 0 unspecified atom stereocenters. The second-order valence-corrected chi connectivity index (χ2v) is 12.0. The SMILES string of the molecule is Clc1c(Br)cccc1C[PH](c1ccccc1)(c1ccccc1)c1ccccc1. The molecule has 0 nitrogen and oxygen atoms in total. The average Bonchev–Trinajstić information content (AvgIpc) is 2.77. The summed E-state index contributed by atoms with van der Waals surface area (Å²) in [4.78, 5) is 0. The molecule has 28 heavy (non-hydrogen) atoms. The zero-order valence-electron chi connectivity index (χ0n) is 15.4. The van der Waals surface area contributed by atoms with E-state index >= 15 is 0 Å². The molecule has 0 spiro atoms. The van der Waals surface area contributed by atoms with Gasteiger partial charge in [0.25, 0.3) is 0 Å². The van der Waals surface area contributed by atoms with Gasteiger partial charge in [-0.1, -0.05) is 0 Å². The van der Waals surface area contributed by atoms with Crippen LogP contribution >= 0.6 is 34.8 Å². The van der Waals surface area contributed by atoms with Crippen molar-refractivity contribution in [2.45, 2.75) is 6.16 Å². The first-order valence-electron chi connectivity index (χ1n) is 9.31. The molecule has 0 saturated carbocycles. The van der Waals surface area contributed by atoms with Crippen LogP contribution in [0.15, 0.2) is 114 Å². The third-order valence-corrected chi connectivity index (χ3v) is 11.5. The fourth-order valence-corrected chi connectivity index (χ4v) is 9.42. The Kier molecular flexibility index (Phi) is 5.97. The minimum atomic E-state index is -2.32. The van der Waals surface area contributed by atoms with E-state index in [4.69, 9.17) is 11.6 Å². The van der Waals surface area contributed by atoms with E-state index in [-0.39, 0.29) is 0 Å². The Hall–Kier alpha value is -1.92. The molecule has 0 radical (unpaired) electrons. The van der Waals surface area contributed by atoms with Crippen molar-refractivity contribution >= 4 is 50.7 Å². The van der Waals surface area contributed by atoms with Gasteiger partial charge in [0.15, 0.2) is 0 Å². The average molecular weight is 468 g/mol. The Morgan fingerprint density at radius 2 is 1.00 bits per heavy atom. The van der Waals surface area contributed by atoms with Crippen LogP contribution in [0.4, 0.5) is 0 Å². The molecule has 0 saturated heterocycles. The van der Waals surface area contributed by atoms with Gasteiger partial charge in [-0.2, -0.15) is 0 Å². The van der Waals surface area contributed by atoms with Gasteiger partial charge in [0, 0.05) is 0 Å². The van der Waals surface area contributed by atoms with E-state index in [2.05, 4.69) is 119 Å². The molecule has 0 N–H and O–H groups in total. The second-order valence-electron chi connectivity index (χ2n) is 6.89. The maximum atomic E-state index is 6.74. The predicted molar refractivity (Wildman–Crippen MR) is 129 cm³/mol. The molecule has 0 fully saturated rings. The second kappa shape index (κ2) is 8.62. The number of rotatable bonds is 5. The summed E-state index contributed by atoms with van der Waals surface area (Å²) >= 11 is 10.3. The molecule has 4 aromatic carbocycles. The van der Waals surface area contributed by atoms with Crippen molar-refractivity contribution in [2.24, 2.45) is 0 Å². The van der Waals surface area contributed by atoms with Crippen LogP contribution in [0.1, 0.15) is 5.56 Å². The van der Waals surface area contributed by atoms with E-state index in [1.165, 1.54) is 21.5 Å². The molecule has 4 aromatic rings. The summed E-state index contributed by atoms with van der Waals surface area (Å²) in [7, 11) is -2.32. The van der Waals surface area contributed by atoms with Crippen molar-refractivity contribution in [1.29, 1.82) is 0 Å². The molecule has 0 heterocycles. The predicted octanol–water partition coefficient (Wildman–Crippen LogP) is 6.33. The summed E-state index contributed by atoms with van der Waals surface area (Å²) in [6.07, 6.45) is 0.906. The fourth-order valence-electron chi connectivity index (χ4n) is 3.94. The summed E-state index contributed by atoms with van der Waals surface area (Å²) in [5, 5.41) is 4.98. The number of benzene rings is 4. The first kappa shape index (κ1) is 19.4. The molecular formula is C25H21BrClP. The van der Waals surface area contributed by atoms with Crippen molar-refractivity contribution in [3.63, 3.8) is 0 Å². The Labute approximate surface area is 180 Å². The van der Waals surface area contributed by atoms with Crippen LogP contribution in [-0.4, -0.2) is 0 Å². The van der Waals surface area contributed by atoms with Crippen LogP contribution in [0.3, 0.4) is 0 Å². The summed E-state index contributed by atoms with van der Waals surface area (Å²) in [6.45, 7) is 0.